The molecule has 2 N–H and O–H groups in total. The van der Waals surface area contributed by atoms with Gasteiger partial charge in [-0.3, -0.25) is 4.79 Å². The molecule has 0 spiro atoms. The zero-order valence-electron chi connectivity index (χ0n) is 9.90. The molecule has 2 rings (SSSR count). The topological polar surface area (TPSA) is 75.1 Å². The van der Waals surface area contributed by atoms with Crippen molar-refractivity contribution in [3.05, 3.63) is 16.2 Å². The van der Waals surface area contributed by atoms with Crippen molar-refractivity contribution in [2.45, 2.75) is 26.3 Å². The summed E-state index contributed by atoms with van der Waals surface area (Å²) < 4.78 is 0. The zero-order chi connectivity index (χ0) is 13.3. The van der Waals surface area contributed by atoms with Crippen LogP contribution in [0.25, 0.3) is 10.2 Å². The van der Waals surface area contributed by atoms with Crippen LogP contribution >= 0.6 is 22.9 Å². The molecule has 0 saturated carbocycles. The Kier molecular flexibility index (Phi) is 3.68. The van der Waals surface area contributed by atoms with E-state index in [0.717, 1.165) is 21.5 Å². The van der Waals surface area contributed by atoms with Crippen molar-refractivity contribution in [3.63, 3.8) is 0 Å². The van der Waals surface area contributed by atoms with Gasteiger partial charge in [0.25, 0.3) is 0 Å². The summed E-state index contributed by atoms with van der Waals surface area (Å²) >= 11 is 7.37. The van der Waals surface area contributed by atoms with E-state index in [1.807, 2.05) is 13.0 Å². The first-order chi connectivity index (χ1) is 8.51. The molecule has 0 amide bonds. The van der Waals surface area contributed by atoms with Crippen LogP contribution in [0, 0.1) is 0 Å². The molecule has 7 heteroatoms. The van der Waals surface area contributed by atoms with Crippen molar-refractivity contribution in [3.8, 4) is 0 Å². The molecular weight excluding hydrogens is 274 g/mol. The Labute approximate surface area is 113 Å². The van der Waals surface area contributed by atoms with Crippen LogP contribution in [0.1, 0.15) is 18.7 Å². The molecule has 0 aliphatic rings. The van der Waals surface area contributed by atoms with Crippen molar-refractivity contribution in [1.82, 2.24) is 9.97 Å². The highest BCUT2D eigenvalue weighted by atomic mass is 35.5. The first-order valence-corrected chi connectivity index (χ1v) is 6.66. The number of rotatable bonds is 4. The molecule has 0 aliphatic carbocycles. The van der Waals surface area contributed by atoms with Gasteiger partial charge in [-0.15, -0.1) is 11.3 Å². The molecule has 1 unspecified atom stereocenters. The molecule has 2 aromatic heterocycles. The molecule has 96 valence electrons. The summed E-state index contributed by atoms with van der Waals surface area (Å²) in [6.45, 7) is 3.60. The second kappa shape index (κ2) is 5.07. The molecule has 0 radical (unpaired) electrons. The smallest absolute Gasteiger partial charge is 0.325 e. The molecule has 0 fully saturated rings. The van der Waals surface area contributed by atoms with Gasteiger partial charge in [0.1, 0.15) is 16.7 Å². The lowest BCUT2D eigenvalue weighted by atomic mass is 10.3. The van der Waals surface area contributed by atoms with Crippen molar-refractivity contribution >= 4 is 44.9 Å². The van der Waals surface area contributed by atoms with E-state index in [-0.39, 0.29) is 5.28 Å². The Morgan fingerprint density at radius 3 is 2.94 bits per heavy atom. The standard InChI is InChI=1S/C11H12ClN3O2S/c1-3-6-4-7-8(13-5(2)10(16)17)14-11(12)15-9(7)18-6/h4-5H,3H2,1-2H3,(H,16,17)(H,13,14,15). The number of hydrogen-bond acceptors (Lipinski definition) is 5. The number of fused-ring (bicyclic) bond motifs is 1. The molecule has 0 aliphatic heterocycles. The molecule has 0 bridgehead atoms. The van der Waals surface area contributed by atoms with Crippen LogP contribution in [-0.2, 0) is 11.2 Å². The third-order valence-corrected chi connectivity index (χ3v) is 3.83. The van der Waals surface area contributed by atoms with Crippen LogP contribution in [0.4, 0.5) is 5.82 Å². The summed E-state index contributed by atoms with van der Waals surface area (Å²) in [5.74, 6) is -0.473. The summed E-state index contributed by atoms with van der Waals surface area (Å²) in [7, 11) is 0. The first-order valence-electron chi connectivity index (χ1n) is 5.46. The van der Waals surface area contributed by atoms with E-state index in [1.54, 1.807) is 6.92 Å². The number of thiophene rings is 1. The number of nitrogens with one attached hydrogen (secondary N) is 1. The van der Waals surface area contributed by atoms with Gasteiger partial charge in [-0.1, -0.05) is 6.92 Å². The van der Waals surface area contributed by atoms with Gasteiger partial charge in [-0.05, 0) is 31.0 Å². The minimum atomic E-state index is -0.941. The van der Waals surface area contributed by atoms with Gasteiger partial charge in [0.15, 0.2) is 0 Å². The Bertz CT molecular complexity index is 599. The predicted octanol–water partition coefficient (Wildman–Crippen LogP) is 2.79. The van der Waals surface area contributed by atoms with E-state index in [9.17, 15) is 4.79 Å². The fraction of sp³-hybridized carbons (Fsp3) is 0.364. The molecule has 0 saturated heterocycles. The van der Waals surface area contributed by atoms with Gasteiger partial charge in [-0.2, -0.15) is 0 Å². The fourth-order valence-corrected chi connectivity index (χ4v) is 2.68. The number of hydrogen-bond donors (Lipinski definition) is 2. The third-order valence-electron chi connectivity index (χ3n) is 2.49. The van der Waals surface area contributed by atoms with E-state index < -0.39 is 12.0 Å². The highest BCUT2D eigenvalue weighted by Gasteiger charge is 2.15. The second-order valence-corrected chi connectivity index (χ2v) is 5.28. The quantitative estimate of drug-likeness (QED) is 0.845. The van der Waals surface area contributed by atoms with Crippen LogP contribution in [0.15, 0.2) is 6.07 Å². The highest BCUT2D eigenvalue weighted by molar-refractivity contribution is 7.18. The highest BCUT2D eigenvalue weighted by Crippen LogP contribution is 2.30. The van der Waals surface area contributed by atoms with Crippen LogP contribution in [-0.4, -0.2) is 27.1 Å². The normalized spacial score (nSPS) is 12.6. The summed E-state index contributed by atoms with van der Waals surface area (Å²) in [5, 5.41) is 12.7. The SMILES string of the molecule is CCc1cc2c(NC(C)C(=O)O)nc(Cl)nc2s1. The lowest BCUT2D eigenvalue weighted by Gasteiger charge is -2.10. The Hall–Kier alpha value is -1.40. The van der Waals surface area contributed by atoms with E-state index in [2.05, 4.69) is 15.3 Å². The number of carbonyl (C=O) groups is 1. The molecule has 0 aromatic carbocycles. The Morgan fingerprint density at radius 2 is 2.33 bits per heavy atom. The van der Waals surface area contributed by atoms with E-state index in [4.69, 9.17) is 16.7 Å². The summed E-state index contributed by atoms with van der Waals surface area (Å²) in [6, 6.07) is 1.23. The number of anilines is 1. The minimum absolute atomic E-state index is 0.118. The van der Waals surface area contributed by atoms with Crippen LogP contribution in [0.3, 0.4) is 0 Å². The lowest BCUT2D eigenvalue weighted by molar-refractivity contribution is -0.137. The number of nitrogens with zero attached hydrogens (tertiary/aromatic N) is 2. The number of aliphatic carboxylic acids is 1. The number of aromatic nitrogens is 2. The maximum atomic E-state index is 10.8. The summed E-state index contributed by atoms with van der Waals surface area (Å²) in [6.07, 6.45) is 0.895. The molecule has 18 heavy (non-hydrogen) atoms. The van der Waals surface area contributed by atoms with Gasteiger partial charge >= 0.3 is 5.97 Å². The minimum Gasteiger partial charge on any atom is -0.480 e. The van der Waals surface area contributed by atoms with Crippen LogP contribution in [0.2, 0.25) is 5.28 Å². The number of carboxylic acids is 1. The number of carboxylic acid groups (broad SMARTS) is 1. The van der Waals surface area contributed by atoms with Crippen molar-refractivity contribution in [2.24, 2.45) is 0 Å². The molecule has 2 heterocycles. The monoisotopic (exact) mass is 285 g/mol. The predicted molar refractivity (Wildman–Crippen MR) is 72.5 cm³/mol. The van der Waals surface area contributed by atoms with Crippen molar-refractivity contribution in [2.75, 3.05) is 5.32 Å². The second-order valence-electron chi connectivity index (χ2n) is 3.83. The average molecular weight is 286 g/mol. The van der Waals surface area contributed by atoms with Gasteiger partial charge in [0.05, 0.1) is 5.39 Å². The zero-order valence-corrected chi connectivity index (χ0v) is 11.5. The van der Waals surface area contributed by atoms with Crippen molar-refractivity contribution < 1.29 is 9.90 Å². The summed E-state index contributed by atoms with van der Waals surface area (Å²) in [5.41, 5.74) is 0. The number of halogens is 1. The third kappa shape index (κ3) is 2.54. The lowest BCUT2D eigenvalue weighted by Crippen LogP contribution is -2.26. The van der Waals surface area contributed by atoms with E-state index >= 15 is 0 Å². The van der Waals surface area contributed by atoms with E-state index in [1.165, 1.54) is 11.3 Å². The van der Waals surface area contributed by atoms with Crippen LogP contribution in [0.5, 0.6) is 0 Å². The van der Waals surface area contributed by atoms with Gasteiger partial charge in [-0.25, -0.2) is 9.97 Å². The Balaban J connectivity index is 2.47. The number of aryl methyl sites for hydroxylation is 1. The van der Waals surface area contributed by atoms with Gasteiger partial charge < -0.3 is 10.4 Å². The average Bonchev–Trinajstić information content (AvgIpc) is 2.71. The van der Waals surface area contributed by atoms with Gasteiger partial charge in [0, 0.05) is 4.88 Å². The van der Waals surface area contributed by atoms with Crippen LogP contribution < -0.4 is 5.32 Å². The first kappa shape index (κ1) is 13.0. The molecular formula is C11H12ClN3O2S. The molecule has 2 aromatic rings. The van der Waals surface area contributed by atoms with Gasteiger partial charge in [0.2, 0.25) is 5.28 Å². The maximum Gasteiger partial charge on any atom is 0.325 e. The van der Waals surface area contributed by atoms with E-state index in [0.29, 0.717) is 5.82 Å². The molecule has 5 nitrogen and oxygen atoms in total. The largest absolute Gasteiger partial charge is 0.480 e. The Morgan fingerprint density at radius 1 is 1.61 bits per heavy atom. The van der Waals surface area contributed by atoms with Crippen molar-refractivity contribution in [1.29, 1.82) is 0 Å². The molecule has 1 atom stereocenters. The maximum absolute atomic E-state index is 10.8. The summed E-state index contributed by atoms with van der Waals surface area (Å²) in [4.78, 5) is 21.0. The fourth-order valence-electron chi connectivity index (χ4n) is 1.50.